The zero-order valence-electron chi connectivity index (χ0n) is 60.3. The Morgan fingerprint density at radius 1 is 0.441 bits per heavy atom. The van der Waals surface area contributed by atoms with Crippen LogP contribution in [0.5, 0.6) is 0 Å². The Hall–Kier alpha value is -7.42. The molecule has 0 saturated carbocycles. The lowest BCUT2D eigenvalue weighted by Crippen LogP contribution is -2.16. The number of para-hydroxylation sites is 2. The van der Waals surface area contributed by atoms with Gasteiger partial charge in [-0.3, -0.25) is 0 Å². The maximum absolute atomic E-state index is 10.2. The molecule has 280 valence electrons. The second kappa shape index (κ2) is 13.9. The Labute approximate surface area is 388 Å². The van der Waals surface area contributed by atoms with Gasteiger partial charge in [-0.2, -0.15) is 0 Å². The van der Waals surface area contributed by atoms with Crippen molar-refractivity contribution in [2.45, 2.75) is 19.1 Å². The lowest BCUT2D eigenvalue weighted by molar-refractivity contribution is 0.660. The first-order valence-electron chi connectivity index (χ1n) is 33.1. The molecule has 0 amide bonds. The van der Waals surface area contributed by atoms with Crippen LogP contribution in [0.15, 0.2) is 218 Å². The quantitative estimate of drug-likeness (QED) is 0.156. The molecule has 0 N–H and O–H groups in total. The summed E-state index contributed by atoms with van der Waals surface area (Å²) in [5.74, 6) is 0. The molecule has 1 aromatic heterocycles. The van der Waals surface area contributed by atoms with Crippen molar-refractivity contribution < 1.29 is 41.1 Å². The predicted molar refractivity (Wildman–Crippen MR) is 249 cm³/mol. The van der Waals surface area contributed by atoms with E-state index in [1.54, 1.807) is 30.3 Å². The van der Waals surface area contributed by atoms with Crippen LogP contribution in [-0.2, 0) is 5.41 Å². The van der Waals surface area contributed by atoms with Crippen LogP contribution < -0.4 is 4.90 Å². The first-order valence-corrected chi connectivity index (χ1v) is 18.1. The van der Waals surface area contributed by atoms with E-state index < -0.39 is 231 Å². The van der Waals surface area contributed by atoms with Crippen LogP contribution in [-0.4, -0.2) is 4.57 Å². The molecule has 0 saturated heterocycles. The largest absolute Gasteiger partial charge is 0.310 e. The van der Waals surface area contributed by atoms with Gasteiger partial charge in [0.1, 0.15) is 0 Å². The molecule has 0 fully saturated rings. The zero-order chi connectivity index (χ0) is 65.4. The molecule has 0 aliphatic heterocycles. The molecule has 2 nitrogen and oxygen atoms in total. The summed E-state index contributed by atoms with van der Waals surface area (Å²) in [6.45, 7) is -7.97. The molecule has 59 heavy (non-hydrogen) atoms. The molecule has 0 radical (unpaired) electrons. The van der Waals surface area contributed by atoms with Crippen molar-refractivity contribution in [3.63, 3.8) is 0 Å². The molecule has 10 aromatic rings. The smallest absolute Gasteiger partial charge is 0.0651 e. The van der Waals surface area contributed by atoms with Crippen LogP contribution in [0.1, 0.15) is 66.0 Å². The maximum atomic E-state index is 10.2. The summed E-state index contributed by atoms with van der Waals surface area (Å²) in [5.41, 5.74) is -13.7. The Bertz CT molecular complexity index is 4740. The van der Waals surface area contributed by atoms with Gasteiger partial charge >= 0.3 is 0 Å². The third kappa shape index (κ3) is 5.79. The van der Waals surface area contributed by atoms with Crippen molar-refractivity contribution in [1.82, 2.24) is 4.57 Å². The Balaban J connectivity index is 1.32. The number of anilines is 3. The van der Waals surface area contributed by atoms with E-state index >= 15 is 0 Å². The Kier molecular flexibility index (Phi) is 3.71. The van der Waals surface area contributed by atoms with Gasteiger partial charge in [0.25, 0.3) is 0 Å². The van der Waals surface area contributed by atoms with Gasteiger partial charge in [-0.15, -0.1) is 0 Å². The highest BCUT2D eigenvalue weighted by molar-refractivity contribution is 6.10. The van der Waals surface area contributed by atoms with Gasteiger partial charge < -0.3 is 9.47 Å². The van der Waals surface area contributed by atoms with E-state index in [4.69, 9.17) is 24.7 Å². The highest BCUT2D eigenvalue weighted by atomic mass is 15.1. The van der Waals surface area contributed by atoms with E-state index in [0.717, 1.165) is 5.69 Å². The summed E-state index contributed by atoms with van der Waals surface area (Å²) in [7, 11) is 0. The topological polar surface area (TPSA) is 8.17 Å². The number of aromatic nitrogens is 1. The number of nitrogens with zero attached hydrogens (tertiary/aromatic N) is 2. The third-order valence-corrected chi connectivity index (χ3v) is 10.0. The summed E-state index contributed by atoms with van der Waals surface area (Å²) < 4.78 is 278. The van der Waals surface area contributed by atoms with Crippen molar-refractivity contribution >= 4 is 38.9 Å². The molecular formula is C57H42N2. The fourth-order valence-electron chi connectivity index (χ4n) is 7.40. The van der Waals surface area contributed by atoms with Gasteiger partial charge in [0.2, 0.25) is 0 Å². The SMILES string of the molecule is [2H]c1c([2H])c([2H])c(-c2c([2H])c([2H])c([2H])c([2H])c2-c2c([2H])c([2H])c(N(c3c([2H])c([2H])c([2H])c(-c4ccc5c(c4)c4ccccc4n5-c4ccccc4)c3[2H])c3c([2H])c([2H])c4c(c3[2H])C(C([2H])([2H])[2H])(C([2H])([2H])[2H])c3c([2H])c([2H])c([2H])c([2H])c3-4)c([2H])c2[2H])c([2H])c1[2H]. The minimum Gasteiger partial charge on any atom is -0.310 e. The van der Waals surface area contributed by atoms with E-state index in [2.05, 4.69) is 0 Å². The van der Waals surface area contributed by atoms with Crippen LogP contribution in [0.3, 0.4) is 0 Å². The standard InChI is InChI=1S/C57H42N2/c1-57(2)53-26-13-11-24-49(53)50-34-33-46(38-54(50)57)58(44-31-28-40(29-32-44)48-23-10-9-22-47(48)39-16-5-3-6-17-39)45-21-15-18-41(36-45)42-30-35-56-52(37-42)51-25-12-14-27-55(51)59(56)43-19-7-4-8-20-43/h3-38H,1-2H3/i1D3,2D3,3D,5D,6D,9D,10D,11D,13D,15D,16D,17D,18D,21D,22D,23D,24D,26D,28D,29D,31D,32D,33D,34D,36D,38D. The summed E-state index contributed by atoms with van der Waals surface area (Å²) >= 11 is 0. The Morgan fingerprint density at radius 3 is 1.86 bits per heavy atom. The molecule has 0 atom stereocenters. The van der Waals surface area contributed by atoms with Gasteiger partial charge in [0.15, 0.2) is 0 Å². The minimum atomic E-state index is -3.98. The molecule has 1 aliphatic rings. The predicted octanol–water partition coefficient (Wildman–Crippen LogP) is 15.6. The minimum absolute atomic E-state index is 0.00130. The Morgan fingerprint density at radius 2 is 1.07 bits per heavy atom. The summed E-state index contributed by atoms with van der Waals surface area (Å²) in [4.78, 5) is 0.345. The first-order chi connectivity index (χ1) is 41.5. The van der Waals surface area contributed by atoms with Gasteiger partial charge in [0.05, 0.1) is 43.9 Å². The van der Waals surface area contributed by atoms with E-state index in [1.807, 2.05) is 41.0 Å². The van der Waals surface area contributed by atoms with Crippen LogP contribution in [0.4, 0.5) is 17.1 Å². The first kappa shape index (κ1) is 15.7. The van der Waals surface area contributed by atoms with E-state index in [-0.39, 0.29) is 5.56 Å². The number of benzene rings is 9. The van der Waals surface area contributed by atoms with Gasteiger partial charge in [0, 0.05) is 47.2 Å². The summed E-state index contributed by atoms with van der Waals surface area (Å²) in [5, 5.41) is 1.18. The monoisotopic (exact) mass is 785 g/mol. The van der Waals surface area contributed by atoms with Crippen molar-refractivity contribution in [2.24, 2.45) is 0 Å². The van der Waals surface area contributed by atoms with E-state index in [1.165, 1.54) is 6.07 Å². The average molecular weight is 785 g/mol. The van der Waals surface area contributed by atoms with Crippen molar-refractivity contribution in [2.75, 3.05) is 4.90 Å². The van der Waals surface area contributed by atoms with Crippen molar-refractivity contribution in [3.05, 3.63) is 229 Å². The molecule has 1 heterocycles. The van der Waals surface area contributed by atoms with Gasteiger partial charge in [-0.25, -0.2) is 0 Å². The number of hydrogen-bond acceptors (Lipinski definition) is 1. The highest BCUT2D eigenvalue weighted by Gasteiger charge is 2.35. The lowest BCUT2D eigenvalue weighted by Gasteiger charge is -2.28. The molecule has 0 spiro atoms. The van der Waals surface area contributed by atoms with Crippen molar-refractivity contribution in [1.29, 1.82) is 0 Å². The van der Waals surface area contributed by atoms with Gasteiger partial charge in [-0.1, -0.05) is 165 Å². The zero-order valence-corrected chi connectivity index (χ0v) is 30.3. The molecule has 0 bridgehead atoms. The van der Waals surface area contributed by atoms with E-state index in [0.29, 0.717) is 26.7 Å². The van der Waals surface area contributed by atoms with Crippen molar-refractivity contribution in [3.8, 4) is 50.2 Å². The van der Waals surface area contributed by atoms with E-state index in [9.17, 15) is 16.4 Å². The fraction of sp³-hybridized carbons (Fsp3) is 0.0526. The van der Waals surface area contributed by atoms with Gasteiger partial charge in [-0.05, 0) is 122 Å². The number of rotatable bonds is 7. The lowest BCUT2D eigenvalue weighted by atomic mass is 9.82. The highest BCUT2D eigenvalue weighted by Crippen LogP contribution is 2.51. The molecular weight excluding hydrogens is 713 g/mol. The van der Waals surface area contributed by atoms with Crippen LogP contribution in [0, 0.1) is 0 Å². The summed E-state index contributed by atoms with van der Waals surface area (Å²) in [6.07, 6.45) is 0. The second-order valence-corrected chi connectivity index (χ2v) is 13.4. The third-order valence-electron chi connectivity index (χ3n) is 10.0. The molecule has 11 rings (SSSR count). The van der Waals surface area contributed by atoms with Crippen LogP contribution in [0.2, 0.25) is 0 Å². The molecule has 0 unspecified atom stereocenters. The number of fused-ring (bicyclic) bond motifs is 6. The second-order valence-electron chi connectivity index (χ2n) is 13.4. The number of hydrogen-bond donors (Lipinski definition) is 0. The normalized spacial score (nSPS) is 20.3. The van der Waals surface area contributed by atoms with Crippen LogP contribution in [0.25, 0.3) is 72.0 Å². The fourth-order valence-corrected chi connectivity index (χ4v) is 7.40. The summed E-state index contributed by atoms with van der Waals surface area (Å²) in [6, 6.07) is -5.84. The van der Waals surface area contributed by atoms with Crippen LogP contribution >= 0.6 is 0 Å². The molecule has 2 heteroatoms. The maximum Gasteiger partial charge on any atom is 0.0651 e. The molecule has 1 aliphatic carbocycles. The average Bonchev–Trinajstić information content (AvgIpc) is 1.54. The molecule has 9 aromatic carbocycles.